The van der Waals surface area contributed by atoms with E-state index in [0.29, 0.717) is 0 Å². The van der Waals surface area contributed by atoms with Gasteiger partial charge in [0.15, 0.2) is 0 Å². The predicted octanol–water partition coefficient (Wildman–Crippen LogP) is 17.8. The number of halogens is 1. The molecular formula is C54H28BrNO2S3. The van der Waals surface area contributed by atoms with Crippen LogP contribution in [0.15, 0.2) is 213 Å². The lowest BCUT2D eigenvalue weighted by molar-refractivity contribution is 0.669. The van der Waals surface area contributed by atoms with Gasteiger partial charge >= 0.3 is 0 Å². The van der Waals surface area contributed by atoms with Gasteiger partial charge in [-0.15, -0.1) is 0 Å². The van der Waals surface area contributed by atoms with Gasteiger partial charge in [-0.3, -0.25) is 0 Å². The summed E-state index contributed by atoms with van der Waals surface area (Å²) in [5, 5.41) is 4.58. The fraction of sp³-hybridized carbons (Fsp3) is 0. The third-order valence-corrected chi connectivity index (χ3v) is 15.9. The van der Waals surface area contributed by atoms with E-state index < -0.39 is 0 Å². The van der Waals surface area contributed by atoms with Crippen LogP contribution in [0.5, 0.6) is 0 Å². The molecule has 14 rings (SSSR count). The number of anilines is 3. The van der Waals surface area contributed by atoms with E-state index in [9.17, 15) is 0 Å². The Balaban J connectivity index is 0.861. The molecule has 0 saturated carbocycles. The molecule has 0 radical (unpaired) electrons. The molecule has 0 bridgehead atoms. The summed E-state index contributed by atoms with van der Waals surface area (Å²) in [5.41, 5.74) is 16.8. The predicted molar refractivity (Wildman–Crippen MR) is 257 cm³/mol. The van der Waals surface area contributed by atoms with Crippen molar-refractivity contribution in [2.45, 2.75) is 29.4 Å². The van der Waals surface area contributed by atoms with E-state index in [4.69, 9.17) is 8.83 Å². The maximum Gasteiger partial charge on any atom is 0.143 e. The molecule has 286 valence electrons. The summed E-state index contributed by atoms with van der Waals surface area (Å²) in [6.45, 7) is 0. The van der Waals surface area contributed by atoms with Gasteiger partial charge in [-0.05, 0) is 81.9 Å². The van der Waals surface area contributed by atoms with Crippen LogP contribution in [0.1, 0.15) is 0 Å². The Morgan fingerprint density at radius 1 is 0.344 bits per heavy atom. The number of hydrogen-bond acceptors (Lipinski definition) is 6. The van der Waals surface area contributed by atoms with Crippen LogP contribution >= 0.6 is 51.2 Å². The first kappa shape index (κ1) is 34.6. The Kier molecular flexibility index (Phi) is 7.35. The first-order valence-corrected chi connectivity index (χ1v) is 23.4. The highest BCUT2D eigenvalue weighted by Crippen LogP contribution is 2.67. The Bertz CT molecular complexity index is 3460. The van der Waals surface area contributed by atoms with E-state index in [0.717, 1.165) is 70.6 Å². The summed E-state index contributed by atoms with van der Waals surface area (Å²) < 4.78 is 13.9. The molecule has 0 spiro atoms. The first-order valence-electron chi connectivity index (χ1n) is 20.2. The Morgan fingerprint density at radius 3 is 1.13 bits per heavy atom. The maximum atomic E-state index is 6.41. The van der Waals surface area contributed by atoms with E-state index in [-0.39, 0.29) is 0 Å². The van der Waals surface area contributed by atoms with E-state index in [2.05, 4.69) is 166 Å². The second-order valence-electron chi connectivity index (χ2n) is 15.8. The highest BCUT2D eigenvalue weighted by Gasteiger charge is 2.40. The van der Waals surface area contributed by atoms with Crippen molar-refractivity contribution in [3.63, 3.8) is 0 Å². The topological polar surface area (TPSA) is 29.5 Å². The molecule has 5 heterocycles. The van der Waals surface area contributed by atoms with Crippen molar-refractivity contribution in [3.8, 4) is 44.5 Å². The lowest BCUT2D eigenvalue weighted by Gasteiger charge is -2.43. The van der Waals surface area contributed by atoms with Crippen molar-refractivity contribution < 1.29 is 8.83 Å². The zero-order valence-corrected chi connectivity index (χ0v) is 36.1. The number of nitrogens with zero attached hydrogens (tertiary/aromatic N) is 1. The first-order chi connectivity index (χ1) is 30.1. The second kappa shape index (κ2) is 13.0. The van der Waals surface area contributed by atoms with Gasteiger partial charge in [0.2, 0.25) is 0 Å². The van der Waals surface area contributed by atoms with Crippen molar-refractivity contribution in [1.82, 2.24) is 0 Å². The summed E-state index contributed by atoms with van der Waals surface area (Å²) in [6, 6.07) is 61.5. The van der Waals surface area contributed by atoms with Crippen LogP contribution in [-0.2, 0) is 0 Å². The Labute approximate surface area is 371 Å². The molecule has 0 aliphatic carbocycles. The number of rotatable bonds is 4. The SMILES string of the molecule is Brc1cc2c3c(c1)Sc1cc(-c4ccc(-c5cccc6c5oc5ccccc56)cc4)cc4c1N3c1c(cc(-c3ccc(-c5cccc6c5oc5ccccc56)cc3)cc1S4)S2. The highest BCUT2D eigenvalue weighted by atomic mass is 79.9. The van der Waals surface area contributed by atoms with Crippen molar-refractivity contribution in [2.24, 2.45) is 0 Å². The zero-order chi connectivity index (χ0) is 39.9. The highest BCUT2D eigenvalue weighted by molar-refractivity contribution is 9.10. The minimum atomic E-state index is 0.916. The van der Waals surface area contributed by atoms with Crippen LogP contribution in [0.2, 0.25) is 0 Å². The average molecular weight is 899 g/mol. The number of para-hydroxylation sites is 4. The number of hydrogen-bond donors (Lipinski definition) is 0. The molecule has 2 aromatic heterocycles. The minimum absolute atomic E-state index is 0.916. The summed E-state index contributed by atoms with van der Waals surface area (Å²) in [4.78, 5) is 10.2. The second-order valence-corrected chi connectivity index (χ2v) is 19.9. The van der Waals surface area contributed by atoms with Crippen LogP contribution in [0.3, 0.4) is 0 Å². The van der Waals surface area contributed by atoms with Crippen molar-refractivity contribution in [3.05, 3.63) is 174 Å². The van der Waals surface area contributed by atoms with Gasteiger partial charge < -0.3 is 13.7 Å². The molecule has 0 fully saturated rings. The van der Waals surface area contributed by atoms with Crippen molar-refractivity contribution >= 4 is 112 Å². The largest absolute Gasteiger partial charge is 0.455 e. The number of furan rings is 2. The summed E-state index contributed by atoms with van der Waals surface area (Å²) in [7, 11) is 0. The molecule has 0 amide bonds. The van der Waals surface area contributed by atoms with Gasteiger partial charge in [-0.2, -0.15) is 0 Å². The van der Waals surface area contributed by atoms with E-state index in [1.54, 1.807) is 0 Å². The van der Waals surface area contributed by atoms with Crippen LogP contribution in [0, 0.1) is 0 Å². The summed E-state index contributed by atoms with van der Waals surface area (Å²) >= 11 is 9.52. The maximum absolute atomic E-state index is 6.41. The molecule has 0 N–H and O–H groups in total. The molecule has 9 aromatic carbocycles. The van der Waals surface area contributed by atoms with Gasteiger partial charge in [-0.1, -0.05) is 173 Å². The van der Waals surface area contributed by atoms with E-state index in [1.807, 2.05) is 59.6 Å². The summed E-state index contributed by atoms with van der Waals surface area (Å²) in [6.07, 6.45) is 0. The smallest absolute Gasteiger partial charge is 0.143 e. The van der Waals surface area contributed by atoms with Gasteiger partial charge in [-0.25, -0.2) is 0 Å². The molecule has 3 aliphatic rings. The molecule has 3 aliphatic heterocycles. The Hall–Kier alpha value is -6.09. The standard InChI is InChI=1S/C54H28BrNO2S3/c55-35-27-48-52-49(28-35)61-47-26-34(30-17-21-32(22-18-30)37-10-6-12-41-39-8-2-4-14-43(39)58-54(37)41)24-45-51(47)56(52)50-44(59-45)23-33(25-46(50)60-48)29-15-19-31(20-16-29)36-9-5-11-40-38-7-1-3-13-42(38)57-53(36)40/h1-28H. The minimum Gasteiger partial charge on any atom is -0.455 e. The fourth-order valence-electron chi connectivity index (χ4n) is 9.50. The normalized spacial score (nSPS) is 13.4. The molecule has 0 unspecified atom stereocenters. The number of fused-ring (bicyclic) bond motifs is 6. The zero-order valence-electron chi connectivity index (χ0n) is 32.0. The van der Waals surface area contributed by atoms with Crippen LogP contribution in [0.25, 0.3) is 88.4 Å². The molecular weight excluding hydrogens is 871 g/mol. The molecule has 11 aromatic rings. The lowest BCUT2D eigenvalue weighted by Crippen LogP contribution is -2.22. The van der Waals surface area contributed by atoms with Gasteiger partial charge in [0, 0.05) is 66.5 Å². The van der Waals surface area contributed by atoms with Crippen molar-refractivity contribution in [1.29, 1.82) is 0 Å². The van der Waals surface area contributed by atoms with Gasteiger partial charge in [0.1, 0.15) is 22.3 Å². The van der Waals surface area contributed by atoms with Crippen molar-refractivity contribution in [2.75, 3.05) is 4.90 Å². The third-order valence-electron chi connectivity index (χ3n) is 12.3. The quantitative estimate of drug-likeness (QED) is 0.175. The molecule has 0 saturated heterocycles. The van der Waals surface area contributed by atoms with Gasteiger partial charge in [0.25, 0.3) is 0 Å². The van der Waals surface area contributed by atoms with Crippen LogP contribution < -0.4 is 4.90 Å². The fourth-order valence-corrected chi connectivity index (χ4v) is 14.1. The number of benzene rings is 9. The Morgan fingerprint density at radius 2 is 0.705 bits per heavy atom. The molecule has 3 nitrogen and oxygen atoms in total. The van der Waals surface area contributed by atoms with Gasteiger partial charge in [0.05, 0.1) is 17.1 Å². The van der Waals surface area contributed by atoms with Crippen LogP contribution in [-0.4, -0.2) is 0 Å². The average Bonchev–Trinajstić information content (AvgIpc) is 3.87. The molecule has 0 atom stereocenters. The summed E-state index contributed by atoms with van der Waals surface area (Å²) in [5.74, 6) is 0. The lowest BCUT2D eigenvalue weighted by atomic mass is 9.98. The van der Waals surface area contributed by atoms with E-state index >= 15 is 0 Å². The van der Waals surface area contributed by atoms with E-state index in [1.165, 1.54) is 68.7 Å². The monoisotopic (exact) mass is 897 g/mol. The molecule has 7 heteroatoms. The molecule has 61 heavy (non-hydrogen) atoms. The van der Waals surface area contributed by atoms with Crippen LogP contribution in [0.4, 0.5) is 17.1 Å². The third kappa shape index (κ3) is 5.15.